The SMILES string of the molecule is NCCCCN1C(=O)CCCc2ccccc21. The molecular formula is C14H20N2O. The van der Waals surface area contributed by atoms with Crippen LogP contribution in [0, 0.1) is 0 Å². The van der Waals surface area contributed by atoms with E-state index in [1.54, 1.807) is 0 Å². The standard InChI is InChI=1S/C14H20N2O/c15-10-3-4-11-16-13-8-2-1-6-12(13)7-5-9-14(16)17/h1-2,6,8H,3-5,7,9-11,15H2. The average molecular weight is 232 g/mol. The summed E-state index contributed by atoms with van der Waals surface area (Å²) >= 11 is 0. The van der Waals surface area contributed by atoms with Crippen molar-refractivity contribution in [2.45, 2.75) is 32.1 Å². The molecule has 0 aromatic heterocycles. The fourth-order valence-corrected chi connectivity index (χ4v) is 2.34. The molecule has 0 bridgehead atoms. The first-order chi connectivity index (χ1) is 8.33. The zero-order valence-corrected chi connectivity index (χ0v) is 10.2. The third kappa shape index (κ3) is 2.86. The van der Waals surface area contributed by atoms with Crippen LogP contribution in [0.2, 0.25) is 0 Å². The van der Waals surface area contributed by atoms with Crippen LogP contribution in [0.3, 0.4) is 0 Å². The van der Waals surface area contributed by atoms with Crippen LogP contribution in [-0.4, -0.2) is 19.0 Å². The lowest BCUT2D eigenvalue weighted by molar-refractivity contribution is -0.118. The highest BCUT2D eigenvalue weighted by Crippen LogP contribution is 2.26. The monoisotopic (exact) mass is 232 g/mol. The predicted molar refractivity (Wildman–Crippen MR) is 70.0 cm³/mol. The van der Waals surface area contributed by atoms with Gasteiger partial charge < -0.3 is 10.6 Å². The zero-order valence-electron chi connectivity index (χ0n) is 10.2. The molecule has 0 atom stereocenters. The molecular weight excluding hydrogens is 212 g/mol. The van der Waals surface area contributed by atoms with E-state index in [-0.39, 0.29) is 5.91 Å². The van der Waals surface area contributed by atoms with Crippen LogP contribution in [0.5, 0.6) is 0 Å². The minimum absolute atomic E-state index is 0.256. The molecule has 3 heteroatoms. The smallest absolute Gasteiger partial charge is 0.226 e. The van der Waals surface area contributed by atoms with E-state index in [2.05, 4.69) is 12.1 Å². The largest absolute Gasteiger partial charge is 0.330 e. The van der Waals surface area contributed by atoms with Crippen LogP contribution < -0.4 is 10.6 Å². The van der Waals surface area contributed by atoms with Gasteiger partial charge in [-0.3, -0.25) is 4.79 Å². The zero-order chi connectivity index (χ0) is 12.1. The second kappa shape index (κ2) is 5.82. The van der Waals surface area contributed by atoms with Gasteiger partial charge in [0.2, 0.25) is 5.91 Å². The van der Waals surface area contributed by atoms with E-state index in [0.717, 1.165) is 37.9 Å². The third-order valence-electron chi connectivity index (χ3n) is 3.26. The average Bonchev–Trinajstić information content (AvgIpc) is 2.50. The van der Waals surface area contributed by atoms with Crippen molar-refractivity contribution in [1.29, 1.82) is 0 Å². The van der Waals surface area contributed by atoms with Gasteiger partial charge in [0.25, 0.3) is 0 Å². The lowest BCUT2D eigenvalue weighted by atomic mass is 10.1. The maximum atomic E-state index is 12.1. The summed E-state index contributed by atoms with van der Waals surface area (Å²) in [6, 6.07) is 8.24. The Kier molecular flexibility index (Phi) is 4.15. The van der Waals surface area contributed by atoms with E-state index in [0.29, 0.717) is 13.0 Å². The van der Waals surface area contributed by atoms with Crippen molar-refractivity contribution < 1.29 is 4.79 Å². The highest BCUT2D eigenvalue weighted by molar-refractivity contribution is 5.94. The molecule has 2 N–H and O–H groups in total. The van der Waals surface area contributed by atoms with E-state index in [9.17, 15) is 4.79 Å². The van der Waals surface area contributed by atoms with Crippen LogP contribution in [-0.2, 0) is 11.2 Å². The van der Waals surface area contributed by atoms with Gasteiger partial charge in [-0.2, -0.15) is 0 Å². The Labute approximate surface area is 103 Å². The molecule has 1 aromatic carbocycles. The lowest BCUT2D eigenvalue weighted by Gasteiger charge is -2.22. The Morgan fingerprint density at radius 3 is 2.82 bits per heavy atom. The summed E-state index contributed by atoms with van der Waals surface area (Å²) < 4.78 is 0. The molecule has 0 saturated heterocycles. The second-order valence-electron chi connectivity index (χ2n) is 4.52. The van der Waals surface area contributed by atoms with Gasteiger partial charge in [0.05, 0.1) is 0 Å². The molecule has 92 valence electrons. The quantitative estimate of drug-likeness (QED) is 0.808. The number of carbonyl (C=O) groups is 1. The molecule has 0 saturated carbocycles. The molecule has 1 aromatic rings. The molecule has 0 unspecified atom stereocenters. The van der Waals surface area contributed by atoms with Crippen LogP contribution in [0.15, 0.2) is 24.3 Å². The Morgan fingerprint density at radius 2 is 2.00 bits per heavy atom. The number of carbonyl (C=O) groups excluding carboxylic acids is 1. The highest BCUT2D eigenvalue weighted by Gasteiger charge is 2.20. The Hall–Kier alpha value is -1.35. The van der Waals surface area contributed by atoms with Crippen molar-refractivity contribution in [3.63, 3.8) is 0 Å². The first kappa shape index (κ1) is 12.1. The number of unbranched alkanes of at least 4 members (excludes halogenated alkanes) is 1. The maximum absolute atomic E-state index is 12.1. The van der Waals surface area contributed by atoms with Gasteiger partial charge in [-0.25, -0.2) is 0 Å². The van der Waals surface area contributed by atoms with Crippen molar-refractivity contribution in [2.75, 3.05) is 18.0 Å². The summed E-state index contributed by atoms with van der Waals surface area (Å²) in [4.78, 5) is 14.0. The van der Waals surface area contributed by atoms with Gasteiger partial charge in [-0.15, -0.1) is 0 Å². The first-order valence-corrected chi connectivity index (χ1v) is 6.41. The topological polar surface area (TPSA) is 46.3 Å². The summed E-state index contributed by atoms with van der Waals surface area (Å²) in [5, 5.41) is 0. The highest BCUT2D eigenvalue weighted by atomic mass is 16.2. The minimum atomic E-state index is 0.256. The molecule has 1 amide bonds. The number of nitrogens with zero attached hydrogens (tertiary/aromatic N) is 1. The number of fused-ring (bicyclic) bond motifs is 1. The number of amides is 1. The second-order valence-corrected chi connectivity index (χ2v) is 4.52. The molecule has 0 spiro atoms. The van der Waals surface area contributed by atoms with Crippen molar-refractivity contribution in [3.05, 3.63) is 29.8 Å². The molecule has 0 aliphatic carbocycles. The number of nitrogens with two attached hydrogens (primary N) is 1. The number of rotatable bonds is 4. The van der Waals surface area contributed by atoms with Crippen LogP contribution in [0.4, 0.5) is 5.69 Å². The molecule has 1 heterocycles. The first-order valence-electron chi connectivity index (χ1n) is 6.41. The van der Waals surface area contributed by atoms with Gasteiger partial charge in [0.1, 0.15) is 0 Å². The maximum Gasteiger partial charge on any atom is 0.226 e. The van der Waals surface area contributed by atoms with Crippen LogP contribution in [0.25, 0.3) is 0 Å². The number of hydrogen-bond donors (Lipinski definition) is 1. The molecule has 2 rings (SSSR count). The fourth-order valence-electron chi connectivity index (χ4n) is 2.34. The minimum Gasteiger partial charge on any atom is -0.330 e. The van der Waals surface area contributed by atoms with Gasteiger partial charge >= 0.3 is 0 Å². The van der Waals surface area contributed by atoms with E-state index in [4.69, 9.17) is 5.73 Å². The van der Waals surface area contributed by atoms with Gasteiger partial charge in [0.15, 0.2) is 0 Å². The van der Waals surface area contributed by atoms with Gasteiger partial charge in [-0.1, -0.05) is 18.2 Å². The van der Waals surface area contributed by atoms with E-state index >= 15 is 0 Å². The lowest BCUT2D eigenvalue weighted by Crippen LogP contribution is -2.31. The molecule has 3 nitrogen and oxygen atoms in total. The Balaban J connectivity index is 2.18. The Morgan fingerprint density at radius 1 is 1.18 bits per heavy atom. The summed E-state index contributed by atoms with van der Waals surface area (Å²) in [5.41, 5.74) is 7.90. The summed E-state index contributed by atoms with van der Waals surface area (Å²) in [7, 11) is 0. The number of benzene rings is 1. The predicted octanol–water partition coefficient (Wildman–Crippen LogP) is 2.09. The molecule has 1 aliphatic rings. The van der Waals surface area contributed by atoms with E-state index < -0.39 is 0 Å². The number of hydrogen-bond acceptors (Lipinski definition) is 2. The molecule has 0 radical (unpaired) electrons. The normalized spacial score (nSPS) is 15.6. The molecule has 17 heavy (non-hydrogen) atoms. The van der Waals surface area contributed by atoms with Crippen molar-refractivity contribution in [2.24, 2.45) is 5.73 Å². The third-order valence-corrected chi connectivity index (χ3v) is 3.26. The van der Waals surface area contributed by atoms with Crippen molar-refractivity contribution >= 4 is 11.6 Å². The number of aryl methyl sites for hydroxylation is 1. The van der Waals surface area contributed by atoms with Gasteiger partial charge in [0, 0.05) is 18.7 Å². The Bertz CT molecular complexity index is 390. The number of para-hydroxylation sites is 1. The van der Waals surface area contributed by atoms with Crippen molar-refractivity contribution in [3.8, 4) is 0 Å². The fraction of sp³-hybridized carbons (Fsp3) is 0.500. The van der Waals surface area contributed by atoms with E-state index in [1.807, 2.05) is 17.0 Å². The van der Waals surface area contributed by atoms with E-state index in [1.165, 1.54) is 5.56 Å². The molecule has 0 fully saturated rings. The molecule has 1 aliphatic heterocycles. The summed E-state index contributed by atoms with van der Waals surface area (Å²) in [5.74, 6) is 0.256. The van der Waals surface area contributed by atoms with Gasteiger partial charge in [-0.05, 0) is 43.9 Å². The van der Waals surface area contributed by atoms with Crippen molar-refractivity contribution in [1.82, 2.24) is 0 Å². The summed E-state index contributed by atoms with van der Waals surface area (Å²) in [6.07, 6.45) is 4.60. The van der Waals surface area contributed by atoms with Crippen LogP contribution in [0.1, 0.15) is 31.2 Å². The number of anilines is 1. The summed E-state index contributed by atoms with van der Waals surface area (Å²) in [6.45, 7) is 1.50. The van der Waals surface area contributed by atoms with Crippen LogP contribution >= 0.6 is 0 Å².